The van der Waals surface area contributed by atoms with Crippen molar-refractivity contribution in [2.24, 2.45) is 4.99 Å². The molecule has 0 amide bonds. The van der Waals surface area contributed by atoms with Crippen molar-refractivity contribution in [1.82, 2.24) is 4.48 Å². The van der Waals surface area contributed by atoms with Crippen LogP contribution in [0.4, 0.5) is 8.63 Å². The molecule has 0 aliphatic carbocycles. The van der Waals surface area contributed by atoms with Gasteiger partial charge in [0.2, 0.25) is 0 Å². The summed E-state index contributed by atoms with van der Waals surface area (Å²) in [4.78, 5) is 5.78. The van der Waals surface area contributed by atoms with Crippen molar-refractivity contribution in [3.63, 3.8) is 0 Å². The van der Waals surface area contributed by atoms with Crippen LogP contribution in [-0.2, 0) is 0 Å². The summed E-state index contributed by atoms with van der Waals surface area (Å²) in [6, 6.07) is 60.3. The van der Waals surface area contributed by atoms with E-state index in [1.54, 1.807) is 40.6 Å². The second-order valence-corrected chi connectivity index (χ2v) is 16.6. The van der Waals surface area contributed by atoms with Gasteiger partial charge in [0.25, 0.3) is 0 Å². The summed E-state index contributed by atoms with van der Waals surface area (Å²) in [5.41, 5.74) is 9.82. The zero-order valence-electron chi connectivity index (χ0n) is 38.2. The van der Waals surface area contributed by atoms with Crippen molar-refractivity contribution in [3.05, 3.63) is 222 Å². The standard InChI is InChI=1S/C59H43BF2N2O5/c1-65-41-29-25-37(26-30-41)50-35-51(39-15-9-17-43(33-39)67-3)64(60(61)62)58(50)55(47-21-11-14-36-13-5-6-19-45(36)47)57-53(38-27-31-42(66-2)32-28-38)54(56(63-57)40-16-10-18-44(34-40)68-4)49-23-12-22-48-46-20-7-8-24-52(46)69-59(48)49/h5-35H,1-4H3/b57-55-. The SMILES string of the molecule is COc1ccc(C2=C(c3cccc4c3oc3ccccc34)C(c3cccc(OC)c3)=N/C2=C(/c2cccc3ccccc23)c2c(-c3ccc(OC)cc3)cc(-c3cccc(OC)c3)n2B(F)F)cc1. The molecule has 8 aromatic carbocycles. The molecule has 1 aliphatic heterocycles. The molecule has 0 saturated carbocycles. The van der Waals surface area contributed by atoms with Crippen LogP contribution >= 0.6 is 0 Å². The van der Waals surface area contributed by atoms with Crippen molar-refractivity contribution in [1.29, 1.82) is 0 Å². The number of benzene rings is 8. The first-order valence-corrected chi connectivity index (χ1v) is 22.5. The molecule has 2 aromatic heterocycles. The van der Waals surface area contributed by atoms with E-state index in [2.05, 4.69) is 12.1 Å². The molecule has 336 valence electrons. The Balaban J connectivity index is 1.38. The summed E-state index contributed by atoms with van der Waals surface area (Å²) in [6.45, 7) is 0. The number of methoxy groups -OCH3 is 4. The van der Waals surface area contributed by atoms with E-state index in [4.69, 9.17) is 28.4 Å². The summed E-state index contributed by atoms with van der Waals surface area (Å²) >= 11 is 0. The van der Waals surface area contributed by atoms with E-state index in [1.807, 2.05) is 164 Å². The van der Waals surface area contributed by atoms with Crippen LogP contribution in [0.25, 0.3) is 71.8 Å². The van der Waals surface area contributed by atoms with Crippen LogP contribution in [0.2, 0.25) is 0 Å². The van der Waals surface area contributed by atoms with E-state index in [1.165, 1.54) is 0 Å². The number of hydrogen-bond donors (Lipinski definition) is 0. The number of allylic oxidation sites excluding steroid dienone is 2. The lowest BCUT2D eigenvalue weighted by Crippen LogP contribution is -2.18. The summed E-state index contributed by atoms with van der Waals surface area (Å²) in [5, 5.41) is 3.68. The highest BCUT2D eigenvalue weighted by molar-refractivity contribution is 6.45. The second-order valence-electron chi connectivity index (χ2n) is 16.6. The van der Waals surface area contributed by atoms with E-state index in [9.17, 15) is 0 Å². The van der Waals surface area contributed by atoms with Gasteiger partial charge in [-0.1, -0.05) is 127 Å². The van der Waals surface area contributed by atoms with Crippen molar-refractivity contribution >= 4 is 62.5 Å². The van der Waals surface area contributed by atoms with Crippen LogP contribution in [0.1, 0.15) is 27.9 Å². The fraction of sp³-hybridized carbons (Fsp3) is 0.0678. The van der Waals surface area contributed by atoms with Gasteiger partial charge in [0.1, 0.15) is 34.2 Å². The predicted octanol–water partition coefficient (Wildman–Crippen LogP) is 14.6. The van der Waals surface area contributed by atoms with Gasteiger partial charge in [0.15, 0.2) is 0 Å². The van der Waals surface area contributed by atoms with E-state index in [-0.39, 0.29) is 5.69 Å². The van der Waals surface area contributed by atoms with Gasteiger partial charge in [0.05, 0.1) is 45.5 Å². The van der Waals surface area contributed by atoms with Crippen LogP contribution in [-0.4, -0.2) is 46.0 Å². The van der Waals surface area contributed by atoms with Gasteiger partial charge in [-0.15, -0.1) is 0 Å². The van der Waals surface area contributed by atoms with E-state index < -0.39 is 7.40 Å². The molecular formula is C59H43BF2N2O5. The maximum Gasteiger partial charge on any atom is 0.678 e. The molecule has 0 saturated heterocycles. The molecule has 10 heteroatoms. The largest absolute Gasteiger partial charge is 0.678 e. The number of rotatable bonds is 12. The maximum atomic E-state index is 16.8. The number of aliphatic imine (C=N–C) groups is 1. The molecule has 0 unspecified atom stereocenters. The quantitative estimate of drug-likeness (QED) is 0.114. The fourth-order valence-corrected chi connectivity index (χ4v) is 9.65. The Hall–Kier alpha value is -8.63. The third kappa shape index (κ3) is 7.51. The van der Waals surface area contributed by atoms with Crippen LogP contribution in [0.15, 0.2) is 203 Å². The second kappa shape index (κ2) is 17.9. The highest BCUT2D eigenvalue weighted by Crippen LogP contribution is 2.51. The lowest BCUT2D eigenvalue weighted by molar-refractivity contribution is 0.414. The summed E-state index contributed by atoms with van der Waals surface area (Å²) < 4.78 is 64.4. The van der Waals surface area contributed by atoms with Gasteiger partial charge in [-0.2, -0.15) is 0 Å². The molecule has 0 atom stereocenters. The number of fused-ring (bicyclic) bond motifs is 4. The van der Waals surface area contributed by atoms with Crippen molar-refractivity contribution in [2.75, 3.05) is 28.4 Å². The lowest BCUT2D eigenvalue weighted by Gasteiger charge is -2.21. The summed E-state index contributed by atoms with van der Waals surface area (Å²) in [5.74, 6) is 2.45. The van der Waals surface area contributed by atoms with Crippen LogP contribution < -0.4 is 18.9 Å². The van der Waals surface area contributed by atoms with E-state index >= 15 is 8.63 Å². The van der Waals surface area contributed by atoms with Crippen LogP contribution in [0.3, 0.4) is 0 Å². The molecule has 0 bridgehead atoms. The Kier molecular flexibility index (Phi) is 11.1. The molecule has 69 heavy (non-hydrogen) atoms. The Morgan fingerprint density at radius 1 is 0.493 bits per heavy atom. The first-order valence-electron chi connectivity index (χ1n) is 22.5. The fourth-order valence-electron chi connectivity index (χ4n) is 9.65. The number of para-hydroxylation sites is 2. The molecular weight excluding hydrogens is 865 g/mol. The van der Waals surface area contributed by atoms with Crippen molar-refractivity contribution < 1.29 is 32.0 Å². The van der Waals surface area contributed by atoms with Crippen molar-refractivity contribution in [2.45, 2.75) is 0 Å². The average molecular weight is 909 g/mol. The van der Waals surface area contributed by atoms with Gasteiger partial charge in [-0.05, 0) is 88.1 Å². The average Bonchev–Trinajstić information content (AvgIpc) is 4.12. The van der Waals surface area contributed by atoms with Crippen LogP contribution in [0.5, 0.6) is 23.0 Å². The molecule has 11 rings (SSSR count). The summed E-state index contributed by atoms with van der Waals surface area (Å²) in [7, 11) is 3.42. The Bertz CT molecular complexity index is 3690. The third-order valence-electron chi connectivity index (χ3n) is 12.9. The van der Waals surface area contributed by atoms with Crippen molar-refractivity contribution in [3.8, 4) is 45.4 Å². The minimum atomic E-state index is -3.01. The Morgan fingerprint density at radius 2 is 1.07 bits per heavy atom. The molecule has 3 heterocycles. The van der Waals surface area contributed by atoms with Gasteiger partial charge in [-0.25, -0.2) is 4.99 Å². The zero-order chi connectivity index (χ0) is 47.2. The van der Waals surface area contributed by atoms with Gasteiger partial charge in [0, 0.05) is 55.4 Å². The third-order valence-corrected chi connectivity index (χ3v) is 12.9. The number of nitrogens with zero attached hydrogens (tertiary/aromatic N) is 2. The number of hydrogen-bond acceptors (Lipinski definition) is 6. The molecule has 0 spiro atoms. The molecule has 1 aliphatic rings. The number of aromatic nitrogens is 1. The molecule has 0 N–H and O–H groups in total. The Morgan fingerprint density at radius 3 is 1.77 bits per heavy atom. The van der Waals surface area contributed by atoms with Gasteiger partial charge >= 0.3 is 7.40 Å². The first kappa shape index (κ1) is 43.0. The zero-order valence-corrected chi connectivity index (χ0v) is 38.2. The minimum Gasteiger partial charge on any atom is -0.497 e. The number of furan rings is 1. The summed E-state index contributed by atoms with van der Waals surface area (Å²) in [6.07, 6.45) is 0. The van der Waals surface area contributed by atoms with Crippen LogP contribution in [0, 0.1) is 0 Å². The normalized spacial score (nSPS) is 13.3. The number of halogens is 2. The number of ether oxygens (including phenoxy) is 4. The molecule has 7 nitrogen and oxygen atoms in total. The monoisotopic (exact) mass is 908 g/mol. The van der Waals surface area contributed by atoms with E-state index in [0.29, 0.717) is 79.1 Å². The Labute approximate surface area is 398 Å². The van der Waals surface area contributed by atoms with E-state index in [0.717, 1.165) is 53.9 Å². The minimum absolute atomic E-state index is 0.266. The topological polar surface area (TPSA) is 67.3 Å². The molecule has 0 fully saturated rings. The smallest absolute Gasteiger partial charge is 0.497 e. The first-order chi connectivity index (χ1) is 33.9. The van der Waals surface area contributed by atoms with Gasteiger partial charge < -0.3 is 27.8 Å². The molecule has 10 aromatic rings. The highest BCUT2D eigenvalue weighted by atomic mass is 19.2. The van der Waals surface area contributed by atoms with Gasteiger partial charge in [-0.3, -0.25) is 8.63 Å². The maximum absolute atomic E-state index is 16.8. The molecule has 0 radical (unpaired) electrons. The lowest BCUT2D eigenvalue weighted by atomic mass is 9.85. The highest BCUT2D eigenvalue weighted by Gasteiger charge is 2.37. The predicted molar refractivity (Wildman–Crippen MR) is 275 cm³/mol.